The minimum absolute atomic E-state index is 0.202. The van der Waals surface area contributed by atoms with E-state index in [-0.39, 0.29) is 13.0 Å². The average Bonchev–Trinajstić information content (AvgIpc) is 2.17. The molecule has 0 radical (unpaired) electrons. The Morgan fingerprint density at radius 3 is 2.40 bits per heavy atom. The predicted molar refractivity (Wildman–Crippen MR) is 53.5 cm³/mol. The van der Waals surface area contributed by atoms with E-state index in [1.807, 2.05) is 6.92 Å². The van der Waals surface area contributed by atoms with Gasteiger partial charge in [-0.05, 0) is 26.7 Å². The minimum Gasteiger partial charge on any atom is -0.481 e. The van der Waals surface area contributed by atoms with Crippen LogP contribution in [0, 0.1) is 5.92 Å². The van der Waals surface area contributed by atoms with E-state index in [0.717, 1.165) is 0 Å². The molecule has 0 aromatic carbocycles. The molecule has 5 nitrogen and oxygen atoms in total. The number of ether oxygens (including phenoxy) is 2. The van der Waals surface area contributed by atoms with Gasteiger partial charge in [-0.1, -0.05) is 0 Å². The van der Waals surface area contributed by atoms with Gasteiger partial charge >= 0.3 is 11.9 Å². The molecule has 1 N–H and O–H groups in total. The molecule has 0 bridgehead atoms. The number of carboxylic acids is 1. The molecule has 0 saturated carbocycles. The van der Waals surface area contributed by atoms with Crippen LogP contribution in [-0.4, -0.2) is 36.9 Å². The van der Waals surface area contributed by atoms with Crippen molar-refractivity contribution in [2.45, 2.75) is 26.7 Å². The summed E-state index contributed by atoms with van der Waals surface area (Å²) in [5.41, 5.74) is 0. The van der Waals surface area contributed by atoms with E-state index in [1.54, 1.807) is 6.92 Å². The molecule has 0 saturated heterocycles. The van der Waals surface area contributed by atoms with Crippen molar-refractivity contribution in [1.82, 2.24) is 0 Å². The fourth-order valence-electron chi connectivity index (χ4n) is 1.12. The van der Waals surface area contributed by atoms with Gasteiger partial charge in [-0.3, -0.25) is 9.59 Å². The second-order valence-corrected chi connectivity index (χ2v) is 2.98. The summed E-state index contributed by atoms with van der Waals surface area (Å²) < 4.78 is 9.72. The lowest BCUT2D eigenvalue weighted by molar-refractivity contribution is -0.158. The summed E-state index contributed by atoms with van der Waals surface area (Å²) in [5.74, 6) is -2.86. The van der Waals surface area contributed by atoms with Crippen molar-refractivity contribution in [1.29, 1.82) is 0 Å². The minimum atomic E-state index is -1.13. The second-order valence-electron chi connectivity index (χ2n) is 2.98. The molecular weight excluding hydrogens is 200 g/mol. The Balaban J connectivity index is 3.94. The third-order valence-electron chi connectivity index (χ3n) is 1.85. The van der Waals surface area contributed by atoms with Crippen molar-refractivity contribution in [3.05, 3.63) is 0 Å². The molecule has 0 amide bonds. The lowest BCUT2D eigenvalue weighted by Crippen LogP contribution is -2.26. The lowest BCUT2D eigenvalue weighted by atomic mass is 10.0. The van der Waals surface area contributed by atoms with Crippen molar-refractivity contribution in [2.24, 2.45) is 5.92 Å². The average molecular weight is 218 g/mol. The van der Waals surface area contributed by atoms with Crippen LogP contribution in [0.3, 0.4) is 0 Å². The van der Waals surface area contributed by atoms with Crippen LogP contribution in [-0.2, 0) is 19.1 Å². The van der Waals surface area contributed by atoms with E-state index in [2.05, 4.69) is 4.74 Å². The Hall–Kier alpha value is -1.10. The highest BCUT2D eigenvalue weighted by molar-refractivity contribution is 5.93. The van der Waals surface area contributed by atoms with E-state index < -0.39 is 17.9 Å². The first-order valence-electron chi connectivity index (χ1n) is 5.10. The quantitative estimate of drug-likeness (QED) is 0.375. The van der Waals surface area contributed by atoms with Crippen LogP contribution < -0.4 is 0 Å². The van der Waals surface area contributed by atoms with Gasteiger partial charge in [0.1, 0.15) is 0 Å². The van der Waals surface area contributed by atoms with Crippen LogP contribution in [0.1, 0.15) is 26.7 Å². The van der Waals surface area contributed by atoms with E-state index in [1.165, 1.54) is 0 Å². The van der Waals surface area contributed by atoms with Crippen molar-refractivity contribution in [2.75, 3.05) is 19.8 Å². The highest BCUT2D eigenvalue weighted by Gasteiger charge is 2.26. The van der Waals surface area contributed by atoms with Gasteiger partial charge in [-0.15, -0.1) is 0 Å². The van der Waals surface area contributed by atoms with Crippen LogP contribution in [0.2, 0.25) is 0 Å². The van der Waals surface area contributed by atoms with Gasteiger partial charge in [0, 0.05) is 13.2 Å². The third-order valence-corrected chi connectivity index (χ3v) is 1.85. The summed E-state index contributed by atoms with van der Waals surface area (Å²) in [6.45, 7) is 4.78. The fraction of sp³-hybridized carbons (Fsp3) is 0.800. The first-order chi connectivity index (χ1) is 7.13. The van der Waals surface area contributed by atoms with Gasteiger partial charge in [-0.2, -0.15) is 0 Å². The van der Waals surface area contributed by atoms with Gasteiger partial charge in [-0.25, -0.2) is 0 Å². The van der Waals surface area contributed by atoms with Crippen molar-refractivity contribution < 1.29 is 24.2 Å². The summed E-state index contributed by atoms with van der Waals surface area (Å²) >= 11 is 0. The number of esters is 1. The van der Waals surface area contributed by atoms with Gasteiger partial charge in [0.05, 0.1) is 6.61 Å². The molecule has 0 heterocycles. The molecule has 0 aliphatic heterocycles. The molecule has 88 valence electrons. The summed E-state index contributed by atoms with van der Waals surface area (Å²) in [4.78, 5) is 21.9. The standard InChI is InChI=1S/C10H18O5/c1-3-14-7-5-6-8(9(11)12)10(13)15-4-2/h8H,3-7H2,1-2H3,(H,11,12). The zero-order valence-electron chi connectivity index (χ0n) is 9.19. The van der Waals surface area contributed by atoms with Crippen LogP contribution in [0.25, 0.3) is 0 Å². The zero-order chi connectivity index (χ0) is 11.7. The molecule has 5 heteroatoms. The summed E-state index contributed by atoms with van der Waals surface area (Å²) in [7, 11) is 0. The van der Waals surface area contributed by atoms with Crippen molar-refractivity contribution >= 4 is 11.9 Å². The van der Waals surface area contributed by atoms with Crippen molar-refractivity contribution in [3.63, 3.8) is 0 Å². The van der Waals surface area contributed by atoms with Crippen LogP contribution in [0.4, 0.5) is 0 Å². The van der Waals surface area contributed by atoms with Gasteiger partial charge in [0.2, 0.25) is 0 Å². The van der Waals surface area contributed by atoms with E-state index in [9.17, 15) is 9.59 Å². The van der Waals surface area contributed by atoms with Crippen LogP contribution >= 0.6 is 0 Å². The Bertz CT molecular complexity index is 202. The maximum Gasteiger partial charge on any atom is 0.320 e. The SMILES string of the molecule is CCOCCCC(C(=O)O)C(=O)OCC. The molecule has 0 aliphatic carbocycles. The monoisotopic (exact) mass is 218 g/mol. The summed E-state index contributed by atoms with van der Waals surface area (Å²) in [6, 6.07) is 0. The molecule has 1 atom stereocenters. The number of rotatable bonds is 8. The molecule has 0 aromatic rings. The molecular formula is C10H18O5. The normalized spacial score (nSPS) is 12.1. The maximum atomic E-state index is 11.2. The van der Waals surface area contributed by atoms with Gasteiger partial charge in [0.15, 0.2) is 5.92 Å². The van der Waals surface area contributed by atoms with Crippen molar-refractivity contribution in [3.8, 4) is 0 Å². The number of aliphatic carboxylic acids is 1. The Labute approximate surface area is 89.4 Å². The first-order valence-corrected chi connectivity index (χ1v) is 5.10. The molecule has 0 spiro atoms. The lowest BCUT2D eigenvalue weighted by Gasteiger charge is -2.10. The number of carbonyl (C=O) groups excluding carboxylic acids is 1. The van der Waals surface area contributed by atoms with Gasteiger partial charge < -0.3 is 14.6 Å². The van der Waals surface area contributed by atoms with Gasteiger partial charge in [0.25, 0.3) is 0 Å². The summed E-state index contributed by atoms with van der Waals surface area (Å²) in [6.07, 6.45) is 0.803. The van der Waals surface area contributed by atoms with E-state index >= 15 is 0 Å². The van der Waals surface area contributed by atoms with E-state index in [4.69, 9.17) is 9.84 Å². The van der Waals surface area contributed by atoms with E-state index in [0.29, 0.717) is 19.6 Å². The topological polar surface area (TPSA) is 72.8 Å². The highest BCUT2D eigenvalue weighted by Crippen LogP contribution is 2.09. The summed E-state index contributed by atoms with van der Waals surface area (Å²) in [5, 5.41) is 8.79. The molecule has 0 aliphatic rings. The predicted octanol–water partition coefficient (Wildman–Crippen LogP) is 1.07. The Kier molecular flexibility index (Phi) is 7.62. The number of carbonyl (C=O) groups is 2. The largest absolute Gasteiger partial charge is 0.481 e. The van der Waals surface area contributed by atoms with Crippen LogP contribution in [0.15, 0.2) is 0 Å². The maximum absolute atomic E-state index is 11.2. The molecule has 0 aromatic heterocycles. The third kappa shape index (κ3) is 6.06. The smallest absolute Gasteiger partial charge is 0.320 e. The number of hydrogen-bond acceptors (Lipinski definition) is 4. The zero-order valence-corrected chi connectivity index (χ0v) is 9.19. The number of hydrogen-bond donors (Lipinski definition) is 1. The first kappa shape index (κ1) is 13.9. The molecule has 0 fully saturated rings. The molecule has 15 heavy (non-hydrogen) atoms. The highest BCUT2D eigenvalue weighted by atomic mass is 16.5. The fourth-order valence-corrected chi connectivity index (χ4v) is 1.12. The Morgan fingerprint density at radius 1 is 1.27 bits per heavy atom. The molecule has 1 unspecified atom stereocenters. The molecule has 0 rings (SSSR count). The second kappa shape index (κ2) is 8.23. The number of carboxylic acid groups (broad SMARTS) is 1. The van der Waals surface area contributed by atoms with Crippen LogP contribution in [0.5, 0.6) is 0 Å². The Morgan fingerprint density at radius 2 is 1.93 bits per heavy atom.